The molecule has 108 valence electrons. The number of anilines is 1. The van der Waals surface area contributed by atoms with Crippen LogP contribution in [0.25, 0.3) is 0 Å². The Labute approximate surface area is 115 Å². The van der Waals surface area contributed by atoms with Crippen LogP contribution in [-0.4, -0.2) is 34.6 Å². The van der Waals surface area contributed by atoms with Crippen molar-refractivity contribution in [2.45, 2.75) is 25.2 Å². The number of nitrogens with two attached hydrogens (primary N) is 1. The summed E-state index contributed by atoms with van der Waals surface area (Å²) in [6.07, 6.45) is 0.775. The van der Waals surface area contributed by atoms with E-state index in [2.05, 4.69) is 9.62 Å². The van der Waals surface area contributed by atoms with Crippen molar-refractivity contribution in [1.29, 1.82) is 0 Å². The molecular formula is C13H23N3O2S. The molecule has 0 amide bonds. The first-order valence-corrected chi connectivity index (χ1v) is 8.08. The first-order valence-electron chi connectivity index (χ1n) is 6.60. The summed E-state index contributed by atoms with van der Waals surface area (Å²) < 4.78 is 26.4. The topological polar surface area (TPSA) is 75.4 Å². The largest absolute Gasteiger partial charge is 0.371 e. The van der Waals surface area contributed by atoms with Crippen molar-refractivity contribution in [3.8, 4) is 0 Å². The predicted molar refractivity (Wildman–Crippen MR) is 78.9 cm³/mol. The van der Waals surface area contributed by atoms with Crippen LogP contribution >= 0.6 is 0 Å². The van der Waals surface area contributed by atoms with Gasteiger partial charge in [0.25, 0.3) is 0 Å². The fraction of sp³-hybridized carbons (Fsp3) is 0.538. The lowest BCUT2D eigenvalue weighted by atomic mass is 10.3. The highest BCUT2D eigenvalue weighted by atomic mass is 32.2. The molecule has 0 saturated carbocycles. The van der Waals surface area contributed by atoms with Gasteiger partial charge in [-0.05, 0) is 37.6 Å². The molecule has 6 heteroatoms. The molecule has 5 nitrogen and oxygen atoms in total. The summed E-state index contributed by atoms with van der Waals surface area (Å²) in [5.74, 6) is 0. The first-order chi connectivity index (χ1) is 9.05. The van der Waals surface area contributed by atoms with Gasteiger partial charge in [-0.25, -0.2) is 13.1 Å². The van der Waals surface area contributed by atoms with Crippen LogP contribution in [0.1, 0.15) is 20.3 Å². The number of sulfonamides is 1. The summed E-state index contributed by atoms with van der Waals surface area (Å²) in [5.41, 5.74) is 6.54. The molecule has 1 rings (SSSR count). The molecule has 0 atom stereocenters. The van der Waals surface area contributed by atoms with Crippen molar-refractivity contribution in [2.24, 2.45) is 5.73 Å². The van der Waals surface area contributed by atoms with E-state index < -0.39 is 10.0 Å². The fourth-order valence-electron chi connectivity index (χ4n) is 1.78. The molecule has 0 aliphatic carbocycles. The van der Waals surface area contributed by atoms with Crippen molar-refractivity contribution in [3.63, 3.8) is 0 Å². The van der Waals surface area contributed by atoms with E-state index in [1.807, 2.05) is 26.0 Å². The number of nitrogens with zero attached hydrogens (tertiary/aromatic N) is 1. The highest BCUT2D eigenvalue weighted by molar-refractivity contribution is 7.89. The van der Waals surface area contributed by atoms with Gasteiger partial charge in [-0.3, -0.25) is 0 Å². The molecule has 0 aliphatic rings. The second-order valence-corrected chi connectivity index (χ2v) is 6.03. The molecule has 0 bridgehead atoms. The van der Waals surface area contributed by atoms with Gasteiger partial charge < -0.3 is 10.6 Å². The molecule has 0 spiro atoms. The van der Waals surface area contributed by atoms with Crippen LogP contribution in [0.4, 0.5) is 5.69 Å². The molecule has 0 radical (unpaired) electrons. The zero-order valence-electron chi connectivity index (χ0n) is 11.6. The second kappa shape index (κ2) is 7.47. The molecule has 1 aromatic rings. The van der Waals surface area contributed by atoms with Crippen molar-refractivity contribution in [3.05, 3.63) is 24.3 Å². The van der Waals surface area contributed by atoms with Crippen LogP contribution in [-0.2, 0) is 10.0 Å². The van der Waals surface area contributed by atoms with Gasteiger partial charge in [-0.1, -0.05) is 6.92 Å². The number of hydrogen-bond donors (Lipinski definition) is 2. The lowest BCUT2D eigenvalue weighted by Gasteiger charge is -2.22. The van der Waals surface area contributed by atoms with Crippen molar-refractivity contribution >= 4 is 15.7 Å². The molecule has 0 heterocycles. The highest BCUT2D eigenvalue weighted by Gasteiger charge is 2.13. The van der Waals surface area contributed by atoms with Gasteiger partial charge in [-0.15, -0.1) is 0 Å². The van der Waals surface area contributed by atoms with Crippen molar-refractivity contribution in [1.82, 2.24) is 4.72 Å². The zero-order valence-corrected chi connectivity index (χ0v) is 12.4. The molecule has 19 heavy (non-hydrogen) atoms. The van der Waals surface area contributed by atoms with Crippen LogP contribution < -0.4 is 15.4 Å². The summed E-state index contributed by atoms with van der Waals surface area (Å²) in [5, 5.41) is 0. The van der Waals surface area contributed by atoms with Gasteiger partial charge in [0, 0.05) is 31.9 Å². The predicted octanol–water partition coefficient (Wildman–Crippen LogP) is 1.16. The Hall–Kier alpha value is -1.11. The number of likely N-dealkylation sites (N-methyl/N-ethyl adjacent to an activating group) is 1. The summed E-state index contributed by atoms with van der Waals surface area (Å²) >= 11 is 0. The van der Waals surface area contributed by atoms with Gasteiger partial charge >= 0.3 is 0 Å². The summed E-state index contributed by atoms with van der Waals surface area (Å²) in [6, 6.07) is 6.90. The third-order valence-corrected chi connectivity index (χ3v) is 4.31. The van der Waals surface area contributed by atoms with Gasteiger partial charge in [0.2, 0.25) is 10.0 Å². The summed E-state index contributed by atoms with van der Waals surface area (Å²) in [6.45, 7) is 6.61. The normalized spacial score (nSPS) is 11.5. The molecule has 0 saturated heterocycles. The van der Waals surface area contributed by atoms with E-state index in [0.29, 0.717) is 18.0 Å². The molecule has 0 aromatic heterocycles. The fourth-order valence-corrected chi connectivity index (χ4v) is 2.92. The van der Waals surface area contributed by atoms with Crippen molar-refractivity contribution < 1.29 is 8.42 Å². The lowest BCUT2D eigenvalue weighted by Crippen LogP contribution is -2.29. The maximum absolute atomic E-state index is 11.9. The zero-order chi connectivity index (χ0) is 14.3. The Morgan fingerprint density at radius 3 is 2.32 bits per heavy atom. The van der Waals surface area contributed by atoms with Crippen molar-refractivity contribution in [2.75, 3.05) is 31.1 Å². The third-order valence-electron chi connectivity index (χ3n) is 2.83. The van der Waals surface area contributed by atoms with Crippen LogP contribution in [0, 0.1) is 0 Å². The van der Waals surface area contributed by atoms with Crippen LogP contribution in [0.3, 0.4) is 0 Å². The van der Waals surface area contributed by atoms with Gasteiger partial charge in [-0.2, -0.15) is 0 Å². The number of benzene rings is 1. The molecule has 0 fully saturated rings. The summed E-state index contributed by atoms with van der Waals surface area (Å²) in [4.78, 5) is 2.41. The Balaban J connectivity index is 2.86. The summed E-state index contributed by atoms with van der Waals surface area (Å²) in [7, 11) is -3.38. The van der Waals surface area contributed by atoms with Crippen LogP contribution in [0.15, 0.2) is 29.2 Å². The maximum Gasteiger partial charge on any atom is 0.240 e. The van der Waals surface area contributed by atoms with E-state index in [1.54, 1.807) is 12.1 Å². The number of nitrogens with one attached hydrogen (secondary N) is 1. The Morgan fingerprint density at radius 1 is 1.21 bits per heavy atom. The average Bonchev–Trinajstić information content (AvgIpc) is 2.43. The van der Waals surface area contributed by atoms with Gasteiger partial charge in [0.15, 0.2) is 0 Å². The SMILES string of the molecule is CCCNS(=O)(=O)c1ccc(N(CC)CCN)cc1. The minimum Gasteiger partial charge on any atom is -0.371 e. The minimum absolute atomic E-state index is 0.300. The Bertz CT molecular complexity index is 471. The lowest BCUT2D eigenvalue weighted by molar-refractivity contribution is 0.581. The Morgan fingerprint density at radius 2 is 1.84 bits per heavy atom. The highest BCUT2D eigenvalue weighted by Crippen LogP contribution is 2.17. The Kier molecular flexibility index (Phi) is 6.27. The minimum atomic E-state index is -3.38. The first kappa shape index (κ1) is 15.9. The van der Waals surface area contributed by atoms with Crippen LogP contribution in [0.2, 0.25) is 0 Å². The second-order valence-electron chi connectivity index (χ2n) is 4.26. The van der Waals surface area contributed by atoms with Crippen LogP contribution in [0.5, 0.6) is 0 Å². The molecular weight excluding hydrogens is 262 g/mol. The standard InChI is InChI=1S/C13H23N3O2S/c1-3-10-15-19(17,18)13-7-5-12(6-8-13)16(4-2)11-9-14/h5-8,15H,3-4,9-11,14H2,1-2H3. The molecule has 0 aliphatic heterocycles. The van der Waals surface area contributed by atoms with E-state index in [0.717, 1.165) is 25.2 Å². The average molecular weight is 285 g/mol. The smallest absolute Gasteiger partial charge is 0.240 e. The van der Waals surface area contributed by atoms with E-state index >= 15 is 0 Å². The van der Waals surface area contributed by atoms with Gasteiger partial charge in [0.05, 0.1) is 4.90 Å². The van der Waals surface area contributed by atoms with E-state index in [1.165, 1.54) is 0 Å². The van der Waals surface area contributed by atoms with E-state index in [9.17, 15) is 8.42 Å². The molecule has 3 N–H and O–H groups in total. The quantitative estimate of drug-likeness (QED) is 0.751. The molecule has 0 unspecified atom stereocenters. The third kappa shape index (κ3) is 4.49. The van der Waals surface area contributed by atoms with Gasteiger partial charge in [0.1, 0.15) is 0 Å². The van der Waals surface area contributed by atoms with E-state index in [-0.39, 0.29) is 0 Å². The maximum atomic E-state index is 11.9. The monoisotopic (exact) mass is 285 g/mol. The molecule has 1 aromatic carbocycles. The number of hydrogen-bond acceptors (Lipinski definition) is 4. The van der Waals surface area contributed by atoms with E-state index in [4.69, 9.17) is 5.73 Å². The number of rotatable bonds is 8.